The van der Waals surface area contributed by atoms with Crippen molar-refractivity contribution in [1.82, 2.24) is 0 Å². The van der Waals surface area contributed by atoms with Gasteiger partial charge in [-0.05, 0) is 56.4 Å². The molecule has 0 aromatic heterocycles. The summed E-state index contributed by atoms with van der Waals surface area (Å²) in [5, 5.41) is 4.50. The summed E-state index contributed by atoms with van der Waals surface area (Å²) in [5.74, 6) is 1.15. The van der Waals surface area contributed by atoms with E-state index in [-0.39, 0.29) is 11.0 Å². The van der Waals surface area contributed by atoms with Crippen LogP contribution in [0.2, 0.25) is 5.02 Å². The van der Waals surface area contributed by atoms with Crippen LogP contribution < -0.4 is 5.32 Å². The van der Waals surface area contributed by atoms with Gasteiger partial charge in [0, 0.05) is 16.1 Å². The number of nitrogens with zero attached hydrogens (tertiary/aromatic N) is 1. The minimum atomic E-state index is -0.364. The molecule has 1 heterocycles. The van der Waals surface area contributed by atoms with E-state index in [0.717, 1.165) is 22.8 Å². The maximum Gasteiger partial charge on any atom is 0.108 e. The zero-order valence-corrected chi connectivity index (χ0v) is 16.4. The van der Waals surface area contributed by atoms with Crippen LogP contribution in [0.5, 0.6) is 0 Å². The molecule has 2 aliphatic rings. The van der Waals surface area contributed by atoms with Crippen molar-refractivity contribution in [2.24, 2.45) is 10.4 Å². The minimum Gasteiger partial charge on any atom is -0.343 e. The smallest absolute Gasteiger partial charge is 0.108 e. The molecule has 1 N–H and O–H groups in total. The van der Waals surface area contributed by atoms with E-state index in [1.807, 2.05) is 18.2 Å². The van der Waals surface area contributed by atoms with Crippen LogP contribution in [0, 0.1) is 5.41 Å². The molecule has 1 saturated carbocycles. The molecule has 136 valence electrons. The van der Waals surface area contributed by atoms with Gasteiger partial charge in [0.2, 0.25) is 0 Å². The zero-order chi connectivity index (χ0) is 18.2. The second kappa shape index (κ2) is 6.74. The van der Waals surface area contributed by atoms with Gasteiger partial charge in [-0.3, -0.25) is 4.99 Å². The second-order valence-electron chi connectivity index (χ2n) is 8.30. The molecule has 0 bridgehead atoms. The van der Waals surface area contributed by atoms with E-state index in [0.29, 0.717) is 0 Å². The van der Waals surface area contributed by atoms with E-state index in [1.165, 1.54) is 43.4 Å². The Labute approximate surface area is 161 Å². The molecule has 0 atom stereocenters. The number of amidine groups is 1. The van der Waals surface area contributed by atoms with Crippen LogP contribution in [0.25, 0.3) is 0 Å². The maximum absolute atomic E-state index is 6.50. The van der Waals surface area contributed by atoms with Crippen molar-refractivity contribution in [3.05, 3.63) is 64.7 Å². The lowest BCUT2D eigenvalue weighted by Crippen LogP contribution is -2.44. The van der Waals surface area contributed by atoms with Gasteiger partial charge in [0.15, 0.2) is 0 Å². The summed E-state index contributed by atoms with van der Waals surface area (Å²) in [6.07, 6.45) is 7.43. The summed E-state index contributed by atoms with van der Waals surface area (Å²) in [7, 11) is 0. The van der Waals surface area contributed by atoms with Gasteiger partial charge >= 0.3 is 0 Å². The van der Waals surface area contributed by atoms with E-state index in [1.54, 1.807) is 0 Å². The quantitative estimate of drug-likeness (QED) is 0.636. The van der Waals surface area contributed by atoms with Gasteiger partial charge in [-0.15, -0.1) is 0 Å². The zero-order valence-electron chi connectivity index (χ0n) is 15.7. The third kappa shape index (κ3) is 3.16. The van der Waals surface area contributed by atoms with Crippen LogP contribution in [0.4, 0.5) is 5.69 Å². The van der Waals surface area contributed by atoms with E-state index in [2.05, 4.69) is 49.5 Å². The number of fused-ring (bicyclic) bond motifs is 1. The summed E-state index contributed by atoms with van der Waals surface area (Å²) in [5.41, 5.74) is 3.49. The van der Waals surface area contributed by atoms with Crippen LogP contribution in [0.3, 0.4) is 0 Å². The lowest BCUT2D eigenvalue weighted by molar-refractivity contribution is 0.276. The SMILES string of the molecule is CC(C)(N=C1Nc2ccccc2CC12CCCCC2)c1ccccc1Cl. The van der Waals surface area contributed by atoms with Crippen LogP contribution in [0.1, 0.15) is 57.1 Å². The molecule has 26 heavy (non-hydrogen) atoms. The normalized spacial score (nSPS) is 20.7. The van der Waals surface area contributed by atoms with Crippen LogP contribution in [-0.2, 0) is 12.0 Å². The highest BCUT2D eigenvalue weighted by Gasteiger charge is 2.42. The fourth-order valence-electron chi connectivity index (χ4n) is 4.59. The fourth-order valence-corrected chi connectivity index (χ4v) is 4.96. The molecular weight excluding hydrogens is 340 g/mol. The third-order valence-electron chi connectivity index (χ3n) is 6.04. The van der Waals surface area contributed by atoms with Crippen molar-refractivity contribution in [2.45, 2.75) is 57.9 Å². The Morgan fingerprint density at radius 3 is 2.42 bits per heavy atom. The first-order valence-electron chi connectivity index (χ1n) is 9.71. The standard InChI is InChI=1S/C23H27ClN2/c1-22(2,18-11-5-6-12-19(18)24)26-21-23(14-8-3-9-15-23)16-17-10-4-7-13-20(17)25-21/h4-7,10-13H,3,8-9,14-16H2,1-2H3,(H,25,26). The number of halogens is 1. The molecule has 1 fully saturated rings. The summed E-state index contributed by atoms with van der Waals surface area (Å²) in [4.78, 5) is 5.30. The Hall–Kier alpha value is -1.80. The first-order valence-corrected chi connectivity index (χ1v) is 10.1. The molecule has 0 saturated heterocycles. The Bertz CT molecular complexity index is 832. The molecule has 0 radical (unpaired) electrons. The number of rotatable bonds is 2. The highest BCUT2D eigenvalue weighted by molar-refractivity contribution is 6.31. The fraction of sp³-hybridized carbons (Fsp3) is 0.435. The number of nitrogens with one attached hydrogen (secondary N) is 1. The van der Waals surface area contributed by atoms with E-state index in [4.69, 9.17) is 16.6 Å². The first kappa shape index (κ1) is 17.6. The molecule has 0 unspecified atom stereocenters. The van der Waals surface area contributed by atoms with Crippen LogP contribution in [0.15, 0.2) is 53.5 Å². The predicted molar refractivity (Wildman–Crippen MR) is 111 cm³/mol. The lowest BCUT2D eigenvalue weighted by atomic mass is 9.67. The molecule has 1 aliphatic carbocycles. The van der Waals surface area contributed by atoms with Crippen molar-refractivity contribution in [3.8, 4) is 0 Å². The van der Waals surface area contributed by atoms with Gasteiger partial charge < -0.3 is 5.32 Å². The molecule has 2 aromatic rings. The molecule has 2 nitrogen and oxygen atoms in total. The number of hydrogen-bond acceptors (Lipinski definition) is 1. The highest BCUT2D eigenvalue weighted by atomic mass is 35.5. The van der Waals surface area contributed by atoms with Crippen molar-refractivity contribution >= 4 is 23.1 Å². The van der Waals surface area contributed by atoms with Crippen LogP contribution in [-0.4, -0.2) is 5.84 Å². The molecule has 0 amide bonds. The minimum absolute atomic E-state index is 0.144. The van der Waals surface area contributed by atoms with Gasteiger partial charge in [-0.1, -0.05) is 67.3 Å². The second-order valence-corrected chi connectivity index (χ2v) is 8.71. The van der Waals surface area contributed by atoms with E-state index in [9.17, 15) is 0 Å². The summed E-state index contributed by atoms with van der Waals surface area (Å²) >= 11 is 6.50. The lowest BCUT2D eigenvalue weighted by Gasteiger charge is -2.44. The average molecular weight is 367 g/mol. The van der Waals surface area contributed by atoms with Crippen molar-refractivity contribution in [2.75, 3.05) is 5.32 Å². The van der Waals surface area contributed by atoms with Gasteiger partial charge in [-0.25, -0.2) is 0 Å². The number of anilines is 1. The number of benzene rings is 2. The van der Waals surface area contributed by atoms with Crippen molar-refractivity contribution in [1.29, 1.82) is 0 Å². The van der Waals surface area contributed by atoms with Gasteiger partial charge in [0.1, 0.15) is 5.84 Å². The number of hydrogen-bond donors (Lipinski definition) is 1. The van der Waals surface area contributed by atoms with Crippen molar-refractivity contribution in [3.63, 3.8) is 0 Å². The Kier molecular flexibility index (Phi) is 4.56. The predicted octanol–water partition coefficient (Wildman–Crippen LogP) is 6.59. The number of para-hydroxylation sites is 1. The molecular formula is C23H27ClN2. The van der Waals surface area contributed by atoms with Crippen molar-refractivity contribution < 1.29 is 0 Å². The van der Waals surface area contributed by atoms with Crippen LogP contribution >= 0.6 is 11.6 Å². The maximum atomic E-state index is 6.50. The molecule has 3 heteroatoms. The topological polar surface area (TPSA) is 24.4 Å². The average Bonchev–Trinajstić information content (AvgIpc) is 2.63. The molecule has 4 rings (SSSR count). The number of aliphatic imine (C=N–C) groups is 1. The van der Waals surface area contributed by atoms with E-state index < -0.39 is 0 Å². The largest absolute Gasteiger partial charge is 0.343 e. The highest BCUT2D eigenvalue weighted by Crippen LogP contribution is 2.46. The third-order valence-corrected chi connectivity index (χ3v) is 6.37. The van der Waals surface area contributed by atoms with Gasteiger partial charge in [0.05, 0.1) is 5.54 Å². The Morgan fingerprint density at radius 1 is 0.962 bits per heavy atom. The molecule has 1 spiro atoms. The Balaban J connectivity index is 1.79. The van der Waals surface area contributed by atoms with Gasteiger partial charge in [-0.2, -0.15) is 0 Å². The first-order chi connectivity index (χ1) is 12.5. The monoisotopic (exact) mass is 366 g/mol. The van der Waals surface area contributed by atoms with E-state index >= 15 is 0 Å². The summed E-state index contributed by atoms with van der Waals surface area (Å²) in [6.45, 7) is 4.33. The molecule has 2 aromatic carbocycles. The Morgan fingerprint density at radius 2 is 1.65 bits per heavy atom. The summed E-state index contributed by atoms with van der Waals surface area (Å²) < 4.78 is 0. The molecule has 1 aliphatic heterocycles. The summed E-state index contributed by atoms with van der Waals surface area (Å²) in [6, 6.07) is 16.7. The van der Waals surface area contributed by atoms with Gasteiger partial charge in [0.25, 0.3) is 0 Å².